The van der Waals surface area contributed by atoms with E-state index in [4.69, 9.17) is 5.26 Å². The first kappa shape index (κ1) is 10.6. The molecule has 0 amide bonds. The molecule has 1 heterocycles. The second-order valence-corrected chi connectivity index (χ2v) is 5.09. The predicted octanol–water partition coefficient (Wildman–Crippen LogP) is 1.62. The molecule has 0 atom stereocenters. The molecule has 3 nitrogen and oxygen atoms in total. The van der Waals surface area contributed by atoms with E-state index in [0.717, 1.165) is 36.2 Å². The van der Waals surface area contributed by atoms with Gasteiger partial charge in [-0.15, -0.1) is 11.3 Å². The third-order valence-corrected chi connectivity index (χ3v) is 3.76. The molecule has 0 bridgehead atoms. The summed E-state index contributed by atoms with van der Waals surface area (Å²) in [4.78, 5) is 1.15. The summed E-state index contributed by atoms with van der Waals surface area (Å²) in [5, 5.41) is 23.6. The summed E-state index contributed by atoms with van der Waals surface area (Å²) >= 11 is 1.58. The molecule has 0 aromatic carbocycles. The molecule has 4 heteroatoms. The van der Waals surface area contributed by atoms with Crippen molar-refractivity contribution >= 4 is 11.3 Å². The van der Waals surface area contributed by atoms with Crippen molar-refractivity contribution in [2.24, 2.45) is 0 Å². The van der Waals surface area contributed by atoms with Crippen molar-refractivity contribution in [1.82, 2.24) is 5.32 Å². The first-order valence-corrected chi connectivity index (χ1v) is 6.00. The highest BCUT2D eigenvalue weighted by Gasteiger charge is 2.33. The third kappa shape index (κ3) is 2.57. The minimum Gasteiger partial charge on any atom is -0.389 e. The van der Waals surface area contributed by atoms with Gasteiger partial charge in [0.25, 0.3) is 0 Å². The molecule has 0 spiro atoms. The van der Waals surface area contributed by atoms with Gasteiger partial charge in [-0.2, -0.15) is 5.26 Å². The fourth-order valence-electron chi connectivity index (χ4n) is 1.71. The van der Waals surface area contributed by atoms with Crippen LogP contribution in [0.4, 0.5) is 0 Å². The minimum atomic E-state index is -0.463. The summed E-state index contributed by atoms with van der Waals surface area (Å²) in [6.45, 7) is 1.40. The monoisotopic (exact) mass is 222 g/mol. The maximum atomic E-state index is 9.83. The lowest BCUT2D eigenvalue weighted by atomic mass is 9.80. The largest absolute Gasteiger partial charge is 0.389 e. The van der Waals surface area contributed by atoms with Gasteiger partial charge in [-0.3, -0.25) is 0 Å². The Balaban J connectivity index is 1.76. The molecule has 2 rings (SSSR count). The zero-order chi connectivity index (χ0) is 10.7. The Morgan fingerprint density at radius 2 is 2.40 bits per heavy atom. The number of nitrogens with one attached hydrogen (secondary N) is 1. The van der Waals surface area contributed by atoms with E-state index in [9.17, 15) is 5.11 Å². The van der Waals surface area contributed by atoms with Gasteiger partial charge >= 0.3 is 0 Å². The topological polar surface area (TPSA) is 56.0 Å². The minimum absolute atomic E-state index is 0.463. The maximum absolute atomic E-state index is 9.83. The molecule has 1 aliphatic rings. The second-order valence-electron chi connectivity index (χ2n) is 4.09. The molecule has 0 aliphatic heterocycles. The van der Waals surface area contributed by atoms with E-state index in [1.54, 1.807) is 11.3 Å². The Morgan fingerprint density at radius 3 is 2.93 bits per heavy atom. The van der Waals surface area contributed by atoms with Gasteiger partial charge in [0, 0.05) is 23.3 Å². The van der Waals surface area contributed by atoms with Crippen LogP contribution in [0.5, 0.6) is 0 Å². The summed E-state index contributed by atoms with van der Waals surface area (Å²) in [6.07, 6.45) is 2.96. The van der Waals surface area contributed by atoms with Crippen molar-refractivity contribution in [3.63, 3.8) is 0 Å². The Morgan fingerprint density at radius 1 is 1.60 bits per heavy atom. The number of nitrogens with zero attached hydrogens (tertiary/aromatic N) is 1. The van der Waals surface area contributed by atoms with Crippen LogP contribution in [0.1, 0.15) is 29.7 Å². The Kier molecular flexibility index (Phi) is 3.06. The lowest BCUT2D eigenvalue weighted by molar-refractivity contribution is -0.0314. The van der Waals surface area contributed by atoms with Crippen LogP contribution in [0, 0.1) is 11.3 Å². The highest BCUT2D eigenvalue weighted by atomic mass is 32.1. The molecule has 2 N–H and O–H groups in total. The molecule has 1 saturated carbocycles. The molecule has 15 heavy (non-hydrogen) atoms. The van der Waals surface area contributed by atoms with Gasteiger partial charge < -0.3 is 10.4 Å². The molecule has 1 aromatic heterocycles. The first-order chi connectivity index (χ1) is 7.22. The molecular formula is C11H14N2OS. The zero-order valence-electron chi connectivity index (χ0n) is 8.49. The van der Waals surface area contributed by atoms with Gasteiger partial charge in [0.1, 0.15) is 6.07 Å². The van der Waals surface area contributed by atoms with Crippen LogP contribution in [-0.4, -0.2) is 17.3 Å². The quantitative estimate of drug-likeness (QED) is 0.814. The summed E-state index contributed by atoms with van der Waals surface area (Å²) in [6, 6.07) is 4.00. The van der Waals surface area contributed by atoms with Crippen LogP contribution >= 0.6 is 11.3 Å². The highest BCUT2D eigenvalue weighted by Crippen LogP contribution is 2.30. The van der Waals surface area contributed by atoms with Crippen molar-refractivity contribution in [2.45, 2.75) is 31.4 Å². The fourth-order valence-corrected chi connectivity index (χ4v) is 2.49. The molecule has 1 aliphatic carbocycles. The Hall–Kier alpha value is -0.890. The average Bonchev–Trinajstić information content (AvgIpc) is 2.63. The standard InChI is InChI=1S/C11H14N2OS/c12-5-9-4-10(15-7-9)6-13-8-11(14)2-1-3-11/h4,7,13-14H,1-3,6,8H2. The molecular weight excluding hydrogens is 208 g/mol. The predicted molar refractivity (Wildman–Crippen MR) is 59.5 cm³/mol. The third-order valence-electron chi connectivity index (χ3n) is 2.82. The van der Waals surface area contributed by atoms with E-state index >= 15 is 0 Å². The van der Waals surface area contributed by atoms with E-state index in [2.05, 4.69) is 11.4 Å². The van der Waals surface area contributed by atoms with Crippen LogP contribution < -0.4 is 5.32 Å². The maximum Gasteiger partial charge on any atom is 0.100 e. The van der Waals surface area contributed by atoms with E-state index in [1.807, 2.05) is 11.4 Å². The number of hydrogen-bond donors (Lipinski definition) is 2. The van der Waals surface area contributed by atoms with Crippen LogP contribution in [-0.2, 0) is 6.54 Å². The SMILES string of the molecule is N#Cc1csc(CNCC2(O)CCC2)c1. The fraction of sp³-hybridized carbons (Fsp3) is 0.545. The number of aliphatic hydroxyl groups is 1. The molecule has 1 aromatic rings. The zero-order valence-corrected chi connectivity index (χ0v) is 9.31. The van der Waals surface area contributed by atoms with Crippen molar-refractivity contribution in [3.05, 3.63) is 21.9 Å². The Bertz CT molecular complexity index is 376. The molecule has 80 valence electrons. The van der Waals surface area contributed by atoms with Crippen molar-refractivity contribution in [2.75, 3.05) is 6.54 Å². The average molecular weight is 222 g/mol. The van der Waals surface area contributed by atoms with Crippen LogP contribution in [0.2, 0.25) is 0 Å². The van der Waals surface area contributed by atoms with Crippen LogP contribution in [0.3, 0.4) is 0 Å². The van der Waals surface area contributed by atoms with Gasteiger partial charge in [-0.25, -0.2) is 0 Å². The van der Waals surface area contributed by atoms with Crippen LogP contribution in [0.25, 0.3) is 0 Å². The normalized spacial score (nSPS) is 18.1. The molecule has 0 radical (unpaired) electrons. The highest BCUT2D eigenvalue weighted by molar-refractivity contribution is 7.10. The number of rotatable bonds is 4. The summed E-state index contributed by atoms with van der Waals surface area (Å²) in [5.74, 6) is 0. The molecule has 1 fully saturated rings. The van der Waals surface area contributed by atoms with E-state index in [0.29, 0.717) is 6.54 Å². The van der Waals surface area contributed by atoms with E-state index in [1.165, 1.54) is 0 Å². The van der Waals surface area contributed by atoms with Crippen molar-refractivity contribution in [3.8, 4) is 6.07 Å². The second kappa shape index (κ2) is 4.31. The summed E-state index contributed by atoms with van der Waals surface area (Å²) in [7, 11) is 0. The van der Waals surface area contributed by atoms with Crippen LogP contribution in [0.15, 0.2) is 11.4 Å². The summed E-state index contributed by atoms with van der Waals surface area (Å²) in [5.41, 5.74) is 0.258. The number of hydrogen-bond acceptors (Lipinski definition) is 4. The lowest BCUT2D eigenvalue weighted by Crippen LogP contribution is -2.45. The number of thiophene rings is 1. The van der Waals surface area contributed by atoms with Gasteiger partial charge in [0.2, 0.25) is 0 Å². The van der Waals surface area contributed by atoms with Crippen molar-refractivity contribution in [1.29, 1.82) is 5.26 Å². The molecule has 0 unspecified atom stereocenters. The molecule has 0 saturated heterocycles. The number of nitriles is 1. The first-order valence-electron chi connectivity index (χ1n) is 5.12. The van der Waals surface area contributed by atoms with Gasteiger partial charge in [0.15, 0.2) is 0 Å². The lowest BCUT2D eigenvalue weighted by Gasteiger charge is -2.36. The Labute approximate surface area is 93.4 Å². The van der Waals surface area contributed by atoms with Gasteiger partial charge in [-0.05, 0) is 25.3 Å². The van der Waals surface area contributed by atoms with Gasteiger partial charge in [0.05, 0.1) is 11.2 Å². The van der Waals surface area contributed by atoms with Gasteiger partial charge in [-0.1, -0.05) is 0 Å². The van der Waals surface area contributed by atoms with E-state index in [-0.39, 0.29) is 0 Å². The van der Waals surface area contributed by atoms with E-state index < -0.39 is 5.60 Å². The smallest absolute Gasteiger partial charge is 0.100 e. The van der Waals surface area contributed by atoms with Crippen molar-refractivity contribution < 1.29 is 5.11 Å². The summed E-state index contributed by atoms with van der Waals surface area (Å²) < 4.78 is 0.